The molecule has 10 heteroatoms. The number of phenols is 1. The number of aromatic hydroxyl groups is 1. The van der Waals surface area contributed by atoms with Crippen molar-refractivity contribution in [3.8, 4) is 17.2 Å². The van der Waals surface area contributed by atoms with Gasteiger partial charge in [0.1, 0.15) is 11.3 Å². The van der Waals surface area contributed by atoms with E-state index in [1.54, 1.807) is 18.2 Å². The molecule has 0 radical (unpaired) electrons. The molecule has 2 aliphatic rings. The van der Waals surface area contributed by atoms with Crippen LogP contribution in [-0.4, -0.2) is 29.7 Å². The summed E-state index contributed by atoms with van der Waals surface area (Å²) in [6, 6.07) is 7.10. The topological polar surface area (TPSA) is 105 Å². The zero-order valence-corrected chi connectivity index (χ0v) is 18.2. The molecule has 0 aromatic heterocycles. The maximum atomic E-state index is 13.0. The van der Waals surface area contributed by atoms with E-state index in [1.165, 1.54) is 18.2 Å². The van der Waals surface area contributed by atoms with Gasteiger partial charge in [-0.05, 0) is 75.5 Å². The Morgan fingerprint density at radius 1 is 1.07 bits per heavy atom. The van der Waals surface area contributed by atoms with Crippen LogP contribution in [0.15, 0.2) is 35.9 Å². The first kappa shape index (κ1) is 19.0. The van der Waals surface area contributed by atoms with Gasteiger partial charge in [0, 0.05) is 15.2 Å². The number of ether oxygens (including phenoxy) is 2. The number of phenolic OH excluding ortho intramolecular Hbond substituents is 1. The van der Waals surface area contributed by atoms with Gasteiger partial charge in [-0.25, -0.2) is 9.69 Å². The van der Waals surface area contributed by atoms with E-state index < -0.39 is 17.8 Å². The van der Waals surface area contributed by atoms with Crippen molar-refractivity contribution in [1.29, 1.82) is 0 Å². The van der Waals surface area contributed by atoms with Gasteiger partial charge in [0.25, 0.3) is 11.8 Å². The van der Waals surface area contributed by atoms with Crippen LogP contribution in [0.4, 0.5) is 10.5 Å². The molecule has 1 fully saturated rings. The molecule has 0 aliphatic carbocycles. The molecular weight excluding hydrogens is 594 g/mol. The van der Waals surface area contributed by atoms with Crippen LogP contribution in [0.5, 0.6) is 17.2 Å². The smallest absolute Gasteiger partial charge is 0.335 e. The highest BCUT2D eigenvalue weighted by Gasteiger charge is 2.37. The van der Waals surface area contributed by atoms with E-state index in [9.17, 15) is 19.5 Å². The van der Waals surface area contributed by atoms with Gasteiger partial charge in [-0.1, -0.05) is 0 Å². The summed E-state index contributed by atoms with van der Waals surface area (Å²) >= 11 is 4.02. The average molecular weight is 604 g/mol. The molecule has 2 N–H and O–H groups in total. The number of imide groups is 2. The number of fused-ring (bicyclic) bond motifs is 1. The van der Waals surface area contributed by atoms with Crippen molar-refractivity contribution in [2.75, 3.05) is 11.7 Å². The Morgan fingerprint density at radius 3 is 2.61 bits per heavy atom. The van der Waals surface area contributed by atoms with Gasteiger partial charge in [-0.3, -0.25) is 14.9 Å². The van der Waals surface area contributed by atoms with Crippen molar-refractivity contribution >= 4 is 74.8 Å². The number of barbiturate groups is 1. The largest absolute Gasteiger partial charge is 0.506 e. The van der Waals surface area contributed by atoms with Gasteiger partial charge < -0.3 is 14.6 Å². The molecule has 0 saturated carbocycles. The standard InChI is InChI=1S/C18H10I2N2O6/c19-9-3-8(15(23)12(20)5-9)4-11-16(24)21-18(26)22(17(11)25)10-1-2-13-14(6-10)28-7-27-13/h1-6,23H,7H2,(H,21,24,26)/b11-4+. The Bertz CT molecular complexity index is 1080. The molecule has 2 aromatic rings. The van der Waals surface area contributed by atoms with Crippen LogP contribution in [0.1, 0.15) is 5.56 Å². The van der Waals surface area contributed by atoms with Crippen LogP contribution in [-0.2, 0) is 9.59 Å². The minimum atomic E-state index is -0.868. The predicted molar refractivity (Wildman–Crippen MR) is 115 cm³/mol. The lowest BCUT2D eigenvalue weighted by atomic mass is 10.1. The van der Waals surface area contributed by atoms with Crippen molar-refractivity contribution in [3.05, 3.63) is 48.6 Å². The lowest BCUT2D eigenvalue weighted by Crippen LogP contribution is -2.54. The van der Waals surface area contributed by atoms with E-state index in [1.807, 2.05) is 22.6 Å². The van der Waals surface area contributed by atoms with Crippen LogP contribution >= 0.6 is 45.2 Å². The fraction of sp³-hybridized carbons (Fsp3) is 0.0556. The molecule has 1 saturated heterocycles. The summed E-state index contributed by atoms with van der Waals surface area (Å²) in [5, 5.41) is 12.4. The number of urea groups is 1. The van der Waals surface area contributed by atoms with Gasteiger partial charge in [0.2, 0.25) is 6.79 Å². The molecule has 0 spiro atoms. The molecule has 4 amide bonds. The van der Waals surface area contributed by atoms with Gasteiger partial charge in [-0.2, -0.15) is 0 Å². The second-order valence-corrected chi connectivity index (χ2v) is 8.23. The lowest BCUT2D eigenvalue weighted by Gasteiger charge is -2.26. The number of carbonyl (C=O) groups is 3. The fourth-order valence-corrected chi connectivity index (χ4v) is 4.66. The second-order valence-electron chi connectivity index (χ2n) is 5.82. The molecular formula is C18H10I2N2O6. The van der Waals surface area contributed by atoms with Crippen LogP contribution < -0.4 is 19.7 Å². The molecule has 142 valence electrons. The lowest BCUT2D eigenvalue weighted by molar-refractivity contribution is -0.122. The van der Waals surface area contributed by atoms with Crippen molar-refractivity contribution in [1.82, 2.24) is 5.32 Å². The quantitative estimate of drug-likeness (QED) is 0.311. The van der Waals surface area contributed by atoms with E-state index in [4.69, 9.17) is 9.47 Å². The third kappa shape index (κ3) is 3.30. The summed E-state index contributed by atoms with van der Waals surface area (Å²) in [7, 11) is 0. The number of amides is 4. The summed E-state index contributed by atoms with van der Waals surface area (Å²) in [6.07, 6.45) is 1.27. The highest BCUT2D eigenvalue weighted by molar-refractivity contribution is 14.1. The minimum Gasteiger partial charge on any atom is -0.506 e. The number of anilines is 1. The first-order valence-electron chi connectivity index (χ1n) is 7.84. The zero-order chi connectivity index (χ0) is 20.0. The van der Waals surface area contributed by atoms with E-state index in [2.05, 4.69) is 27.9 Å². The molecule has 0 bridgehead atoms. The van der Waals surface area contributed by atoms with Gasteiger partial charge >= 0.3 is 6.03 Å². The molecule has 28 heavy (non-hydrogen) atoms. The number of carbonyl (C=O) groups excluding carboxylic acids is 3. The number of rotatable bonds is 2. The van der Waals surface area contributed by atoms with Gasteiger partial charge in [0.15, 0.2) is 11.5 Å². The Labute approximate surface area is 185 Å². The summed E-state index contributed by atoms with van der Waals surface area (Å²) in [6.45, 7) is 0.0487. The van der Waals surface area contributed by atoms with Crippen LogP contribution in [0.3, 0.4) is 0 Å². The molecule has 2 heterocycles. The molecule has 8 nitrogen and oxygen atoms in total. The van der Waals surface area contributed by atoms with Crippen LogP contribution in [0.2, 0.25) is 0 Å². The monoisotopic (exact) mass is 604 g/mol. The highest BCUT2D eigenvalue weighted by Crippen LogP contribution is 2.36. The van der Waals surface area contributed by atoms with Crippen molar-refractivity contribution in [3.63, 3.8) is 0 Å². The minimum absolute atomic E-state index is 0.0487. The molecule has 2 aromatic carbocycles. The zero-order valence-electron chi connectivity index (χ0n) is 13.9. The normalized spacial score (nSPS) is 17.3. The molecule has 2 aliphatic heterocycles. The first-order chi connectivity index (χ1) is 13.3. The third-order valence-electron chi connectivity index (χ3n) is 4.07. The number of nitrogens with zero attached hydrogens (tertiary/aromatic N) is 1. The van der Waals surface area contributed by atoms with E-state index >= 15 is 0 Å². The summed E-state index contributed by atoms with van der Waals surface area (Å²) < 4.78 is 11.9. The van der Waals surface area contributed by atoms with Crippen molar-refractivity contribution in [2.45, 2.75) is 0 Å². The van der Waals surface area contributed by atoms with E-state index in [0.29, 0.717) is 20.6 Å². The Kier molecular flexibility index (Phi) is 4.91. The highest BCUT2D eigenvalue weighted by atomic mass is 127. The predicted octanol–water partition coefficient (Wildman–Crippen LogP) is 3.00. The summed E-state index contributed by atoms with van der Waals surface area (Å²) in [4.78, 5) is 38.4. The van der Waals surface area contributed by atoms with Gasteiger partial charge in [0.05, 0.1) is 9.26 Å². The van der Waals surface area contributed by atoms with Crippen LogP contribution in [0, 0.1) is 7.14 Å². The average Bonchev–Trinajstić information content (AvgIpc) is 3.10. The summed E-state index contributed by atoms with van der Waals surface area (Å²) in [5.41, 5.74) is 0.256. The van der Waals surface area contributed by atoms with Crippen molar-refractivity contribution in [2.24, 2.45) is 0 Å². The number of halogens is 2. The third-order valence-corrected chi connectivity index (χ3v) is 5.52. The molecule has 0 atom stereocenters. The Hall–Kier alpha value is -2.35. The Balaban J connectivity index is 1.77. The fourth-order valence-electron chi connectivity index (χ4n) is 2.77. The number of benzene rings is 2. The molecule has 4 rings (SSSR count). The van der Waals surface area contributed by atoms with E-state index in [0.717, 1.165) is 8.47 Å². The van der Waals surface area contributed by atoms with Crippen molar-refractivity contribution < 1.29 is 29.0 Å². The van der Waals surface area contributed by atoms with Gasteiger partial charge in [-0.15, -0.1) is 0 Å². The van der Waals surface area contributed by atoms with E-state index in [-0.39, 0.29) is 23.8 Å². The number of nitrogens with one attached hydrogen (secondary N) is 1. The number of hydrogen-bond acceptors (Lipinski definition) is 6. The Morgan fingerprint density at radius 2 is 1.82 bits per heavy atom. The number of hydrogen-bond donors (Lipinski definition) is 2. The maximum absolute atomic E-state index is 13.0. The first-order valence-corrected chi connectivity index (χ1v) is 10.00. The summed E-state index contributed by atoms with van der Waals surface area (Å²) in [5.74, 6) is -0.800. The SMILES string of the molecule is O=C1NC(=O)N(c2ccc3c(c2)OCO3)C(=O)/C1=C/c1cc(I)cc(I)c1O. The maximum Gasteiger partial charge on any atom is 0.335 e. The molecule has 0 unspecified atom stereocenters. The van der Waals surface area contributed by atoms with Crippen LogP contribution in [0.25, 0.3) is 6.08 Å². The second kappa shape index (κ2) is 7.24.